The summed E-state index contributed by atoms with van der Waals surface area (Å²) < 4.78 is 5.73. The Balaban J connectivity index is 2.03. The number of aromatic nitrogens is 1. The molecule has 1 amide bonds. The second-order valence-corrected chi connectivity index (χ2v) is 5.56. The van der Waals surface area contributed by atoms with Crippen LogP contribution in [0.2, 0.25) is 0 Å². The molecule has 1 fully saturated rings. The third-order valence-corrected chi connectivity index (χ3v) is 3.79. The van der Waals surface area contributed by atoms with Crippen molar-refractivity contribution in [3.63, 3.8) is 0 Å². The van der Waals surface area contributed by atoms with E-state index in [9.17, 15) is 9.90 Å². The molecule has 1 aromatic heterocycles. The van der Waals surface area contributed by atoms with E-state index < -0.39 is 6.10 Å². The Kier molecular flexibility index (Phi) is 5.56. The maximum absolute atomic E-state index is 12.4. The lowest BCUT2D eigenvalue weighted by Gasteiger charge is -2.25. The number of ether oxygens (including phenoxy) is 1. The minimum Gasteiger partial charge on any atom is -0.479 e. The molecule has 0 spiro atoms. The fraction of sp³-hybridized carbons (Fsp3) is 0.625. The Bertz CT molecular complexity index is 482. The van der Waals surface area contributed by atoms with E-state index in [2.05, 4.69) is 4.98 Å². The lowest BCUT2D eigenvalue weighted by Crippen LogP contribution is -2.41. The standard InChI is InChI=1S/C16H24N2O3/c1-12-7-8-15(14(11-19)17-12)21-13(2)16(20)18-9-5-3-4-6-10-18/h7-8,13,19H,3-6,9-11H2,1-2H3. The number of carbonyl (C=O) groups is 1. The fourth-order valence-corrected chi connectivity index (χ4v) is 2.61. The lowest BCUT2D eigenvalue weighted by atomic mass is 10.2. The molecular weight excluding hydrogens is 268 g/mol. The van der Waals surface area contributed by atoms with E-state index >= 15 is 0 Å². The van der Waals surface area contributed by atoms with Crippen molar-refractivity contribution in [1.29, 1.82) is 0 Å². The Hall–Kier alpha value is -1.62. The average molecular weight is 292 g/mol. The number of hydrogen-bond donors (Lipinski definition) is 1. The monoisotopic (exact) mass is 292 g/mol. The van der Waals surface area contributed by atoms with Crippen LogP contribution in [-0.2, 0) is 11.4 Å². The van der Waals surface area contributed by atoms with Crippen LogP contribution in [0.4, 0.5) is 0 Å². The predicted molar refractivity (Wildman–Crippen MR) is 80.0 cm³/mol. The second-order valence-electron chi connectivity index (χ2n) is 5.56. The first-order valence-electron chi connectivity index (χ1n) is 7.64. The lowest BCUT2D eigenvalue weighted by molar-refractivity contribution is -0.137. The van der Waals surface area contributed by atoms with Crippen LogP contribution in [0, 0.1) is 6.92 Å². The number of nitrogens with zero attached hydrogens (tertiary/aromatic N) is 2. The first kappa shape index (κ1) is 15.8. The van der Waals surface area contributed by atoms with Gasteiger partial charge in [-0.25, -0.2) is 0 Å². The molecule has 0 aliphatic carbocycles. The molecular formula is C16H24N2O3. The highest BCUT2D eigenvalue weighted by atomic mass is 16.5. The molecule has 1 saturated heterocycles. The predicted octanol–water partition coefficient (Wildman–Crippen LogP) is 2.05. The van der Waals surface area contributed by atoms with Crippen LogP contribution in [0.3, 0.4) is 0 Å². The summed E-state index contributed by atoms with van der Waals surface area (Å²) in [5.74, 6) is 0.500. The first-order valence-corrected chi connectivity index (χ1v) is 7.64. The molecule has 0 bridgehead atoms. The highest BCUT2D eigenvalue weighted by Gasteiger charge is 2.23. The topological polar surface area (TPSA) is 62.7 Å². The average Bonchev–Trinajstić information content (AvgIpc) is 2.77. The molecule has 5 heteroatoms. The van der Waals surface area contributed by atoms with Crippen molar-refractivity contribution in [1.82, 2.24) is 9.88 Å². The molecule has 2 rings (SSSR count). The molecule has 1 unspecified atom stereocenters. The molecule has 21 heavy (non-hydrogen) atoms. The summed E-state index contributed by atoms with van der Waals surface area (Å²) in [6.45, 7) is 5.04. The minimum absolute atomic E-state index is 0.0152. The Morgan fingerprint density at radius 3 is 2.62 bits per heavy atom. The number of likely N-dealkylation sites (tertiary alicyclic amines) is 1. The van der Waals surface area contributed by atoms with Gasteiger partial charge in [-0.2, -0.15) is 0 Å². The van der Waals surface area contributed by atoms with E-state index in [4.69, 9.17) is 4.74 Å². The summed E-state index contributed by atoms with van der Waals surface area (Å²) in [7, 11) is 0. The third-order valence-electron chi connectivity index (χ3n) is 3.79. The Morgan fingerprint density at radius 2 is 2.00 bits per heavy atom. The summed E-state index contributed by atoms with van der Waals surface area (Å²) in [4.78, 5) is 18.6. The van der Waals surface area contributed by atoms with Gasteiger partial charge in [-0.1, -0.05) is 12.8 Å². The smallest absolute Gasteiger partial charge is 0.263 e. The van der Waals surface area contributed by atoms with E-state index in [1.165, 1.54) is 12.8 Å². The number of pyridine rings is 1. The van der Waals surface area contributed by atoms with Crippen molar-refractivity contribution in [3.05, 3.63) is 23.5 Å². The van der Waals surface area contributed by atoms with Gasteiger partial charge >= 0.3 is 0 Å². The van der Waals surface area contributed by atoms with Crippen molar-refractivity contribution in [2.45, 2.75) is 52.2 Å². The van der Waals surface area contributed by atoms with Gasteiger partial charge < -0.3 is 14.7 Å². The largest absolute Gasteiger partial charge is 0.479 e. The zero-order valence-electron chi connectivity index (χ0n) is 12.8. The molecule has 0 radical (unpaired) electrons. The molecule has 1 aliphatic heterocycles. The maximum Gasteiger partial charge on any atom is 0.263 e. The quantitative estimate of drug-likeness (QED) is 0.922. The fourth-order valence-electron chi connectivity index (χ4n) is 2.61. The van der Waals surface area contributed by atoms with E-state index in [0.29, 0.717) is 11.4 Å². The van der Waals surface area contributed by atoms with Crippen LogP contribution in [0.25, 0.3) is 0 Å². The van der Waals surface area contributed by atoms with Gasteiger partial charge in [0.15, 0.2) is 6.10 Å². The highest BCUT2D eigenvalue weighted by molar-refractivity contribution is 5.81. The van der Waals surface area contributed by atoms with Gasteiger partial charge in [0.1, 0.15) is 11.4 Å². The van der Waals surface area contributed by atoms with Crippen molar-refractivity contribution in [3.8, 4) is 5.75 Å². The Morgan fingerprint density at radius 1 is 1.33 bits per heavy atom. The van der Waals surface area contributed by atoms with E-state index in [1.54, 1.807) is 13.0 Å². The van der Waals surface area contributed by atoms with Crippen molar-refractivity contribution < 1.29 is 14.6 Å². The van der Waals surface area contributed by atoms with Crippen molar-refractivity contribution in [2.75, 3.05) is 13.1 Å². The molecule has 1 aliphatic rings. The van der Waals surface area contributed by atoms with Crippen LogP contribution in [0.5, 0.6) is 5.75 Å². The van der Waals surface area contributed by atoms with Gasteiger partial charge in [0.05, 0.1) is 6.61 Å². The minimum atomic E-state index is -0.557. The van der Waals surface area contributed by atoms with E-state index in [0.717, 1.165) is 31.6 Å². The molecule has 5 nitrogen and oxygen atoms in total. The zero-order chi connectivity index (χ0) is 15.2. The van der Waals surface area contributed by atoms with Crippen LogP contribution in [-0.4, -0.2) is 40.1 Å². The first-order chi connectivity index (χ1) is 10.1. The van der Waals surface area contributed by atoms with Gasteiger partial charge in [-0.05, 0) is 38.8 Å². The molecule has 1 aromatic rings. The van der Waals surface area contributed by atoms with Crippen LogP contribution in [0.1, 0.15) is 44.0 Å². The highest BCUT2D eigenvalue weighted by Crippen LogP contribution is 2.20. The zero-order valence-corrected chi connectivity index (χ0v) is 12.8. The van der Waals surface area contributed by atoms with Gasteiger partial charge in [0.25, 0.3) is 5.91 Å². The summed E-state index contributed by atoms with van der Waals surface area (Å²) in [6, 6.07) is 3.58. The number of carbonyl (C=O) groups excluding carboxylic acids is 1. The van der Waals surface area contributed by atoms with Gasteiger partial charge in [0.2, 0.25) is 0 Å². The normalized spacial score (nSPS) is 17.2. The van der Waals surface area contributed by atoms with E-state index in [-0.39, 0.29) is 12.5 Å². The summed E-state index contributed by atoms with van der Waals surface area (Å²) >= 11 is 0. The number of aliphatic hydroxyl groups excluding tert-OH is 1. The van der Waals surface area contributed by atoms with Gasteiger partial charge in [-0.15, -0.1) is 0 Å². The van der Waals surface area contributed by atoms with Gasteiger partial charge in [-0.3, -0.25) is 9.78 Å². The second kappa shape index (κ2) is 7.41. The SMILES string of the molecule is Cc1ccc(OC(C)C(=O)N2CCCCCC2)c(CO)n1. The molecule has 116 valence electrons. The summed E-state index contributed by atoms with van der Waals surface area (Å²) in [5.41, 5.74) is 1.29. The number of aliphatic hydroxyl groups is 1. The van der Waals surface area contributed by atoms with Crippen LogP contribution < -0.4 is 4.74 Å². The third kappa shape index (κ3) is 4.17. The summed E-state index contributed by atoms with van der Waals surface area (Å²) in [5, 5.41) is 9.34. The summed E-state index contributed by atoms with van der Waals surface area (Å²) in [6.07, 6.45) is 3.95. The van der Waals surface area contributed by atoms with Crippen molar-refractivity contribution in [2.24, 2.45) is 0 Å². The molecule has 2 heterocycles. The maximum atomic E-state index is 12.4. The number of amides is 1. The molecule has 1 atom stereocenters. The Labute approximate surface area is 125 Å². The van der Waals surface area contributed by atoms with Gasteiger partial charge in [0, 0.05) is 18.8 Å². The van der Waals surface area contributed by atoms with E-state index in [1.807, 2.05) is 17.9 Å². The number of hydrogen-bond acceptors (Lipinski definition) is 4. The molecule has 0 saturated carbocycles. The number of rotatable bonds is 4. The number of aryl methyl sites for hydroxylation is 1. The van der Waals surface area contributed by atoms with Crippen molar-refractivity contribution >= 4 is 5.91 Å². The van der Waals surface area contributed by atoms with Crippen LogP contribution >= 0.6 is 0 Å². The molecule has 1 N–H and O–H groups in total. The van der Waals surface area contributed by atoms with Crippen LogP contribution in [0.15, 0.2) is 12.1 Å². The molecule has 0 aromatic carbocycles.